The van der Waals surface area contributed by atoms with Gasteiger partial charge >= 0.3 is 0 Å². The molecule has 0 saturated carbocycles. The molecule has 0 spiro atoms. The molecule has 1 aromatic heterocycles. The van der Waals surface area contributed by atoms with Crippen LogP contribution in [0.4, 0.5) is 0 Å². The van der Waals surface area contributed by atoms with E-state index >= 15 is 0 Å². The Morgan fingerprint density at radius 2 is 2.00 bits per heavy atom. The summed E-state index contributed by atoms with van der Waals surface area (Å²) in [4.78, 5) is 4.47. The molecule has 13 heavy (non-hydrogen) atoms. The van der Waals surface area contributed by atoms with Crippen LogP contribution in [-0.2, 0) is 7.05 Å². The zero-order valence-corrected chi connectivity index (χ0v) is 9.51. The Morgan fingerprint density at radius 3 is 2.69 bits per heavy atom. The average Bonchev–Trinajstić information content (AvgIpc) is 2.32. The Hall–Kier alpha value is -0.830. The molecule has 0 N–H and O–H groups in total. The fraction of sp³-hybridized carbons (Fsp3) is 0.300. The fourth-order valence-corrected chi connectivity index (χ4v) is 2.15. The lowest BCUT2D eigenvalue weighted by molar-refractivity contribution is 0.885. The zero-order chi connectivity index (χ0) is 9.59. The van der Waals surface area contributed by atoms with Gasteiger partial charge in [-0.3, -0.25) is 0 Å². The number of benzene rings is 1. The quantitative estimate of drug-likeness (QED) is 0.691. The third kappa shape index (κ3) is 1.27. The number of rotatable bonds is 0. The van der Waals surface area contributed by atoms with E-state index in [1.165, 1.54) is 11.1 Å². The van der Waals surface area contributed by atoms with Crippen LogP contribution in [0.25, 0.3) is 11.0 Å². The first-order valence-corrected chi connectivity index (χ1v) is 4.98. The van der Waals surface area contributed by atoms with Gasteiger partial charge in [-0.25, -0.2) is 4.98 Å². The molecule has 0 unspecified atom stereocenters. The van der Waals surface area contributed by atoms with Crippen LogP contribution in [0.2, 0.25) is 0 Å². The predicted molar refractivity (Wildman–Crippen MR) is 57.9 cm³/mol. The summed E-state index contributed by atoms with van der Waals surface area (Å²) >= 11 is 3.52. The van der Waals surface area contributed by atoms with Crippen LogP contribution in [0.3, 0.4) is 0 Å². The second-order valence-electron chi connectivity index (χ2n) is 3.33. The minimum Gasteiger partial charge on any atom is -0.331 e. The maximum Gasteiger partial charge on any atom is 0.106 e. The third-order valence-corrected chi connectivity index (χ3v) is 2.91. The van der Waals surface area contributed by atoms with Gasteiger partial charge in [0.2, 0.25) is 0 Å². The molecular formula is C10H11BrN2. The van der Waals surface area contributed by atoms with Gasteiger partial charge in [0.05, 0.1) is 5.52 Å². The molecule has 1 heterocycles. The monoisotopic (exact) mass is 238 g/mol. The molecule has 2 nitrogen and oxygen atoms in total. The molecule has 68 valence electrons. The highest BCUT2D eigenvalue weighted by atomic mass is 79.9. The number of aromatic nitrogens is 2. The number of hydrogen-bond donors (Lipinski definition) is 0. The van der Waals surface area contributed by atoms with E-state index in [0.717, 1.165) is 15.8 Å². The van der Waals surface area contributed by atoms with Crippen LogP contribution < -0.4 is 0 Å². The van der Waals surface area contributed by atoms with E-state index in [0.29, 0.717) is 0 Å². The topological polar surface area (TPSA) is 17.8 Å². The van der Waals surface area contributed by atoms with Gasteiger partial charge in [-0.1, -0.05) is 0 Å². The van der Waals surface area contributed by atoms with Gasteiger partial charge in [-0.2, -0.15) is 0 Å². The second kappa shape index (κ2) is 2.84. The summed E-state index contributed by atoms with van der Waals surface area (Å²) in [5, 5.41) is 0. The Bertz CT molecular complexity index is 471. The molecule has 0 aliphatic rings. The molecular weight excluding hydrogens is 228 g/mol. The molecule has 2 rings (SSSR count). The first-order chi connectivity index (χ1) is 6.09. The van der Waals surface area contributed by atoms with E-state index in [9.17, 15) is 0 Å². The normalized spacial score (nSPS) is 11.1. The van der Waals surface area contributed by atoms with Crippen molar-refractivity contribution in [2.24, 2.45) is 7.05 Å². The minimum atomic E-state index is 1.04. The molecule has 0 aliphatic heterocycles. The van der Waals surface area contributed by atoms with E-state index in [4.69, 9.17) is 0 Å². The Balaban J connectivity index is 2.94. The largest absolute Gasteiger partial charge is 0.331 e. The molecule has 3 heteroatoms. The molecule has 1 aromatic carbocycles. The van der Waals surface area contributed by atoms with Gasteiger partial charge in [0, 0.05) is 11.5 Å². The summed E-state index contributed by atoms with van der Waals surface area (Å²) < 4.78 is 3.18. The minimum absolute atomic E-state index is 1.04. The van der Waals surface area contributed by atoms with E-state index in [1.54, 1.807) is 0 Å². The third-order valence-electron chi connectivity index (χ3n) is 2.31. The smallest absolute Gasteiger partial charge is 0.106 e. The lowest BCUT2D eigenvalue weighted by Gasteiger charge is -1.99. The van der Waals surface area contributed by atoms with E-state index < -0.39 is 0 Å². The average molecular weight is 239 g/mol. The van der Waals surface area contributed by atoms with Crippen LogP contribution >= 0.6 is 15.9 Å². The number of fused-ring (bicyclic) bond motifs is 1. The van der Waals surface area contributed by atoms with Crippen LogP contribution in [-0.4, -0.2) is 9.55 Å². The molecule has 0 bridgehead atoms. The molecule has 0 radical (unpaired) electrons. The first kappa shape index (κ1) is 8.75. The highest BCUT2D eigenvalue weighted by Gasteiger charge is 2.07. The summed E-state index contributed by atoms with van der Waals surface area (Å²) in [6, 6.07) is 4.24. The predicted octanol–water partition coefficient (Wildman–Crippen LogP) is 2.95. The van der Waals surface area contributed by atoms with Crippen molar-refractivity contribution in [2.75, 3.05) is 0 Å². The Kier molecular flexibility index (Phi) is 1.91. The van der Waals surface area contributed by atoms with Crippen molar-refractivity contribution in [1.29, 1.82) is 0 Å². The van der Waals surface area contributed by atoms with Crippen molar-refractivity contribution < 1.29 is 0 Å². The fourth-order valence-electron chi connectivity index (χ4n) is 1.49. The number of nitrogens with zero attached hydrogens (tertiary/aromatic N) is 2. The number of aryl methyl sites for hydroxylation is 3. The maximum atomic E-state index is 4.47. The van der Waals surface area contributed by atoms with Crippen molar-refractivity contribution in [3.8, 4) is 0 Å². The van der Waals surface area contributed by atoms with Gasteiger partial charge in [0.25, 0.3) is 0 Å². The second-order valence-corrected chi connectivity index (χ2v) is 4.19. The van der Waals surface area contributed by atoms with Crippen LogP contribution in [0, 0.1) is 13.8 Å². The maximum absolute atomic E-state index is 4.47. The molecule has 0 atom stereocenters. The number of imidazole rings is 1. The van der Waals surface area contributed by atoms with Crippen molar-refractivity contribution in [2.45, 2.75) is 13.8 Å². The lowest BCUT2D eigenvalue weighted by atomic mass is 10.2. The SMILES string of the molecule is Cc1cc(Br)c2nc(C)n(C)c2c1. The van der Waals surface area contributed by atoms with E-state index in [-0.39, 0.29) is 0 Å². The molecule has 0 amide bonds. The Labute approximate surface area is 85.7 Å². The van der Waals surface area contributed by atoms with Crippen LogP contribution in [0.5, 0.6) is 0 Å². The van der Waals surface area contributed by atoms with Crippen LogP contribution in [0.1, 0.15) is 11.4 Å². The van der Waals surface area contributed by atoms with Crippen molar-refractivity contribution in [3.05, 3.63) is 28.0 Å². The number of hydrogen-bond acceptors (Lipinski definition) is 1. The molecule has 2 aromatic rings. The summed E-state index contributed by atoms with van der Waals surface area (Å²) in [6.07, 6.45) is 0. The highest BCUT2D eigenvalue weighted by Crippen LogP contribution is 2.25. The summed E-state index contributed by atoms with van der Waals surface area (Å²) in [6.45, 7) is 4.11. The number of halogens is 1. The van der Waals surface area contributed by atoms with E-state index in [2.05, 4.69) is 44.5 Å². The van der Waals surface area contributed by atoms with Crippen molar-refractivity contribution >= 4 is 27.0 Å². The van der Waals surface area contributed by atoms with Gasteiger partial charge in [-0.05, 0) is 47.5 Å². The zero-order valence-electron chi connectivity index (χ0n) is 7.93. The van der Waals surface area contributed by atoms with E-state index in [1.807, 2.05) is 14.0 Å². The summed E-state index contributed by atoms with van der Waals surface area (Å²) in [5.74, 6) is 1.04. The molecule has 0 saturated heterocycles. The molecule has 0 aliphatic carbocycles. The van der Waals surface area contributed by atoms with Gasteiger partial charge < -0.3 is 4.57 Å². The highest BCUT2D eigenvalue weighted by molar-refractivity contribution is 9.10. The van der Waals surface area contributed by atoms with Gasteiger partial charge in [0.15, 0.2) is 0 Å². The summed E-state index contributed by atoms with van der Waals surface area (Å²) in [7, 11) is 2.04. The Morgan fingerprint density at radius 1 is 1.31 bits per heavy atom. The lowest BCUT2D eigenvalue weighted by Crippen LogP contribution is -1.90. The standard InChI is InChI=1S/C10H11BrN2/c1-6-4-8(11)10-9(5-6)13(3)7(2)12-10/h4-5H,1-3H3. The van der Waals surface area contributed by atoms with Crippen molar-refractivity contribution in [1.82, 2.24) is 9.55 Å². The van der Waals surface area contributed by atoms with Gasteiger partial charge in [-0.15, -0.1) is 0 Å². The van der Waals surface area contributed by atoms with Crippen LogP contribution in [0.15, 0.2) is 16.6 Å². The van der Waals surface area contributed by atoms with Gasteiger partial charge in [0.1, 0.15) is 11.3 Å². The summed E-state index contributed by atoms with van der Waals surface area (Å²) in [5.41, 5.74) is 3.48. The molecule has 0 fully saturated rings. The van der Waals surface area contributed by atoms with Crippen molar-refractivity contribution in [3.63, 3.8) is 0 Å². The first-order valence-electron chi connectivity index (χ1n) is 4.19.